The van der Waals surface area contributed by atoms with Crippen molar-refractivity contribution < 1.29 is 9.90 Å². The summed E-state index contributed by atoms with van der Waals surface area (Å²) in [4.78, 5) is 11.7. The SMILES string of the molecule is Cc1cc(C(=O)Nc2nnns2)ccc1O. The van der Waals surface area contributed by atoms with Crippen molar-refractivity contribution in [1.29, 1.82) is 0 Å². The lowest BCUT2D eigenvalue weighted by atomic mass is 10.1. The van der Waals surface area contributed by atoms with Crippen molar-refractivity contribution >= 4 is 22.6 Å². The molecule has 0 aliphatic heterocycles. The molecule has 2 rings (SSSR count). The summed E-state index contributed by atoms with van der Waals surface area (Å²) >= 11 is 1.000. The first-order valence-electron chi connectivity index (χ1n) is 4.43. The summed E-state index contributed by atoms with van der Waals surface area (Å²) in [6, 6.07) is 4.61. The Morgan fingerprint density at radius 2 is 2.31 bits per heavy atom. The average Bonchev–Trinajstić information content (AvgIpc) is 2.74. The third-order valence-corrected chi connectivity index (χ3v) is 2.49. The van der Waals surface area contributed by atoms with E-state index in [1.165, 1.54) is 12.1 Å². The van der Waals surface area contributed by atoms with Gasteiger partial charge in [0.05, 0.1) is 0 Å². The first-order valence-corrected chi connectivity index (χ1v) is 5.20. The largest absolute Gasteiger partial charge is 0.508 e. The number of phenols is 1. The molecule has 0 saturated carbocycles. The van der Waals surface area contributed by atoms with Gasteiger partial charge in [-0.2, -0.15) is 0 Å². The number of aryl methyl sites for hydroxylation is 1. The number of aromatic nitrogens is 3. The van der Waals surface area contributed by atoms with E-state index in [9.17, 15) is 9.90 Å². The molecule has 7 heteroatoms. The topological polar surface area (TPSA) is 88.0 Å². The van der Waals surface area contributed by atoms with E-state index in [4.69, 9.17) is 0 Å². The molecule has 1 aromatic carbocycles. The first kappa shape index (κ1) is 10.5. The molecule has 1 heterocycles. The zero-order valence-electron chi connectivity index (χ0n) is 8.34. The number of rotatable bonds is 2. The second-order valence-electron chi connectivity index (χ2n) is 3.12. The van der Waals surface area contributed by atoms with E-state index >= 15 is 0 Å². The van der Waals surface area contributed by atoms with Crippen LogP contribution in [0.1, 0.15) is 15.9 Å². The van der Waals surface area contributed by atoms with Crippen LogP contribution in [0.15, 0.2) is 18.2 Å². The van der Waals surface area contributed by atoms with Crippen LogP contribution < -0.4 is 5.32 Å². The maximum atomic E-state index is 11.7. The number of amides is 1. The first-order chi connectivity index (χ1) is 7.66. The van der Waals surface area contributed by atoms with Gasteiger partial charge in [0.25, 0.3) is 5.91 Å². The third kappa shape index (κ3) is 2.14. The molecule has 0 spiro atoms. The monoisotopic (exact) mass is 236 g/mol. The van der Waals surface area contributed by atoms with Gasteiger partial charge in [-0.25, -0.2) is 0 Å². The smallest absolute Gasteiger partial charge is 0.257 e. The van der Waals surface area contributed by atoms with Crippen LogP contribution >= 0.6 is 11.5 Å². The Labute approximate surface area is 95.1 Å². The fourth-order valence-electron chi connectivity index (χ4n) is 1.15. The molecule has 0 bridgehead atoms. The Hall–Kier alpha value is -2.02. The summed E-state index contributed by atoms with van der Waals surface area (Å²) in [5, 5.41) is 19.2. The van der Waals surface area contributed by atoms with Gasteiger partial charge in [-0.05, 0) is 35.9 Å². The summed E-state index contributed by atoms with van der Waals surface area (Å²) in [5.41, 5.74) is 1.09. The molecule has 0 radical (unpaired) electrons. The van der Waals surface area contributed by atoms with Crippen molar-refractivity contribution in [2.45, 2.75) is 6.92 Å². The van der Waals surface area contributed by atoms with Crippen LogP contribution in [-0.2, 0) is 0 Å². The van der Waals surface area contributed by atoms with Crippen LogP contribution in [0.2, 0.25) is 0 Å². The Morgan fingerprint density at radius 3 is 2.94 bits per heavy atom. The molecule has 0 aliphatic rings. The predicted octanol–water partition coefficient (Wildman–Crippen LogP) is 1.20. The average molecular weight is 236 g/mol. The number of nitrogens with zero attached hydrogens (tertiary/aromatic N) is 3. The van der Waals surface area contributed by atoms with Crippen molar-refractivity contribution in [3.63, 3.8) is 0 Å². The van der Waals surface area contributed by atoms with E-state index in [0.717, 1.165) is 11.5 Å². The minimum Gasteiger partial charge on any atom is -0.508 e. The standard InChI is InChI=1S/C9H8N4O2S/c1-5-4-6(2-3-7(5)14)8(15)10-9-11-12-13-16-9/h2-4,14H,1H3,(H,10,11,13,15). The van der Waals surface area contributed by atoms with Crippen molar-refractivity contribution in [2.75, 3.05) is 5.32 Å². The van der Waals surface area contributed by atoms with Gasteiger partial charge in [0, 0.05) is 17.1 Å². The maximum Gasteiger partial charge on any atom is 0.257 e. The highest BCUT2D eigenvalue weighted by Crippen LogP contribution is 2.17. The summed E-state index contributed by atoms with van der Waals surface area (Å²) in [7, 11) is 0. The van der Waals surface area contributed by atoms with Gasteiger partial charge in [-0.1, -0.05) is 9.59 Å². The Kier molecular flexibility index (Phi) is 2.78. The Bertz CT molecular complexity index is 512. The van der Waals surface area contributed by atoms with Gasteiger partial charge in [0.1, 0.15) is 5.75 Å². The van der Waals surface area contributed by atoms with Crippen LogP contribution in [0.5, 0.6) is 5.75 Å². The van der Waals surface area contributed by atoms with Crippen LogP contribution in [0.4, 0.5) is 5.13 Å². The normalized spacial score (nSPS) is 10.1. The zero-order chi connectivity index (χ0) is 11.5. The van der Waals surface area contributed by atoms with E-state index in [1.54, 1.807) is 13.0 Å². The molecule has 6 nitrogen and oxygen atoms in total. The fraction of sp³-hybridized carbons (Fsp3) is 0.111. The molecular formula is C9H8N4O2S. The molecule has 2 aromatic rings. The van der Waals surface area contributed by atoms with Gasteiger partial charge < -0.3 is 5.11 Å². The number of aromatic hydroxyl groups is 1. The van der Waals surface area contributed by atoms with Crippen LogP contribution in [-0.4, -0.2) is 25.8 Å². The molecular weight excluding hydrogens is 228 g/mol. The fourth-order valence-corrected chi connectivity index (χ4v) is 1.51. The summed E-state index contributed by atoms with van der Waals surface area (Å²) in [6.07, 6.45) is 0. The zero-order valence-corrected chi connectivity index (χ0v) is 9.15. The van der Waals surface area contributed by atoms with E-state index in [2.05, 4.69) is 20.1 Å². The van der Waals surface area contributed by atoms with Gasteiger partial charge in [-0.3, -0.25) is 10.1 Å². The van der Waals surface area contributed by atoms with Crippen LogP contribution in [0.3, 0.4) is 0 Å². The van der Waals surface area contributed by atoms with Gasteiger partial charge in [-0.15, -0.1) is 0 Å². The highest BCUT2D eigenvalue weighted by Gasteiger charge is 2.09. The second kappa shape index (κ2) is 4.23. The summed E-state index contributed by atoms with van der Waals surface area (Å²) in [6.45, 7) is 1.72. The number of carbonyl (C=O) groups excluding carboxylic acids is 1. The lowest BCUT2D eigenvalue weighted by Crippen LogP contribution is -2.11. The molecule has 1 amide bonds. The Balaban J connectivity index is 2.18. The van der Waals surface area contributed by atoms with Crippen molar-refractivity contribution in [1.82, 2.24) is 14.8 Å². The molecule has 0 saturated heterocycles. The van der Waals surface area contributed by atoms with E-state index in [0.29, 0.717) is 16.3 Å². The van der Waals surface area contributed by atoms with Crippen LogP contribution in [0.25, 0.3) is 0 Å². The highest BCUT2D eigenvalue weighted by atomic mass is 32.1. The second-order valence-corrected chi connectivity index (χ2v) is 3.86. The third-order valence-electron chi connectivity index (χ3n) is 1.98. The molecule has 16 heavy (non-hydrogen) atoms. The highest BCUT2D eigenvalue weighted by molar-refractivity contribution is 7.09. The quantitative estimate of drug-likeness (QED) is 0.818. The van der Waals surface area contributed by atoms with Gasteiger partial charge in [0.15, 0.2) is 0 Å². The number of hydrogen-bond donors (Lipinski definition) is 2. The molecule has 2 N–H and O–H groups in total. The number of carbonyl (C=O) groups is 1. The number of benzene rings is 1. The van der Waals surface area contributed by atoms with E-state index < -0.39 is 0 Å². The number of nitrogens with one attached hydrogen (secondary N) is 1. The lowest BCUT2D eigenvalue weighted by Gasteiger charge is -2.03. The molecule has 82 valence electrons. The summed E-state index contributed by atoms with van der Waals surface area (Å²) < 4.78 is 3.53. The number of anilines is 1. The maximum absolute atomic E-state index is 11.7. The molecule has 0 aliphatic carbocycles. The number of phenolic OH excluding ortho intramolecular Hbond substituents is 1. The van der Waals surface area contributed by atoms with E-state index in [1.807, 2.05) is 0 Å². The van der Waals surface area contributed by atoms with Crippen LogP contribution in [0, 0.1) is 6.92 Å². The number of hydrogen-bond acceptors (Lipinski definition) is 6. The summed E-state index contributed by atoms with van der Waals surface area (Å²) in [5.74, 6) is -0.143. The minimum absolute atomic E-state index is 0.161. The van der Waals surface area contributed by atoms with E-state index in [-0.39, 0.29) is 11.7 Å². The van der Waals surface area contributed by atoms with Gasteiger partial charge in [0.2, 0.25) is 5.13 Å². The van der Waals surface area contributed by atoms with Crippen molar-refractivity contribution in [3.05, 3.63) is 29.3 Å². The van der Waals surface area contributed by atoms with Crippen molar-refractivity contribution in [3.8, 4) is 5.75 Å². The minimum atomic E-state index is -0.304. The Morgan fingerprint density at radius 1 is 1.50 bits per heavy atom. The van der Waals surface area contributed by atoms with Gasteiger partial charge >= 0.3 is 0 Å². The molecule has 0 unspecified atom stereocenters. The predicted molar refractivity (Wildman–Crippen MR) is 58.5 cm³/mol. The molecule has 0 atom stereocenters. The lowest BCUT2D eigenvalue weighted by molar-refractivity contribution is 0.102. The molecule has 0 fully saturated rings. The van der Waals surface area contributed by atoms with Crippen molar-refractivity contribution in [2.24, 2.45) is 0 Å². The molecule has 1 aromatic heterocycles.